The van der Waals surface area contributed by atoms with Crippen LogP contribution in [0, 0.1) is 0 Å². The molecule has 1 atom stereocenters. The Balaban J connectivity index is 1.62. The van der Waals surface area contributed by atoms with Gasteiger partial charge in [-0.1, -0.05) is 6.07 Å². The molecule has 3 heterocycles. The number of nitrogens with one attached hydrogen (secondary N) is 1. The van der Waals surface area contributed by atoms with E-state index >= 15 is 0 Å². The van der Waals surface area contributed by atoms with E-state index in [1.807, 2.05) is 17.5 Å². The second-order valence-electron chi connectivity index (χ2n) is 5.32. The van der Waals surface area contributed by atoms with Gasteiger partial charge in [-0.3, -0.25) is 9.69 Å². The highest BCUT2D eigenvalue weighted by Gasteiger charge is 2.31. The van der Waals surface area contributed by atoms with Crippen LogP contribution in [0.5, 0.6) is 0 Å². The van der Waals surface area contributed by atoms with Gasteiger partial charge in [0.15, 0.2) is 0 Å². The van der Waals surface area contributed by atoms with Crippen LogP contribution in [0.15, 0.2) is 17.5 Å². The Labute approximate surface area is 118 Å². The predicted octanol–water partition coefficient (Wildman–Crippen LogP) is 1.26. The molecule has 0 radical (unpaired) electrons. The van der Waals surface area contributed by atoms with Gasteiger partial charge >= 0.3 is 0 Å². The molecule has 2 aliphatic heterocycles. The van der Waals surface area contributed by atoms with Crippen LogP contribution in [0.1, 0.15) is 22.5 Å². The van der Waals surface area contributed by atoms with Crippen molar-refractivity contribution in [3.8, 4) is 0 Å². The molecule has 5 heteroatoms. The Morgan fingerprint density at radius 2 is 2.21 bits per heavy atom. The Kier molecular flexibility index (Phi) is 4.15. The first kappa shape index (κ1) is 13.1. The predicted molar refractivity (Wildman–Crippen MR) is 77.7 cm³/mol. The molecule has 1 unspecified atom stereocenters. The van der Waals surface area contributed by atoms with Gasteiger partial charge in [0, 0.05) is 45.3 Å². The number of amides is 1. The molecule has 0 aliphatic carbocycles. The number of likely N-dealkylation sites (tertiary alicyclic amines) is 1. The molecule has 2 aliphatic rings. The topological polar surface area (TPSA) is 35.6 Å². The van der Waals surface area contributed by atoms with Gasteiger partial charge in [0.1, 0.15) is 0 Å². The van der Waals surface area contributed by atoms with Crippen LogP contribution in [0.2, 0.25) is 0 Å². The average Bonchev–Trinajstić information content (AvgIpc) is 3.10. The maximum Gasteiger partial charge on any atom is 0.264 e. The summed E-state index contributed by atoms with van der Waals surface area (Å²) in [7, 11) is 0. The second-order valence-corrected chi connectivity index (χ2v) is 6.27. The highest BCUT2D eigenvalue weighted by molar-refractivity contribution is 7.12. The van der Waals surface area contributed by atoms with Crippen molar-refractivity contribution in [2.75, 3.05) is 39.3 Å². The van der Waals surface area contributed by atoms with Gasteiger partial charge in [-0.15, -0.1) is 11.3 Å². The SMILES string of the molecule is O=C(c1cccs1)N1CCCC1CN1CCNCC1. The van der Waals surface area contributed by atoms with Crippen LogP contribution < -0.4 is 5.32 Å². The van der Waals surface area contributed by atoms with Crippen molar-refractivity contribution in [1.82, 2.24) is 15.1 Å². The van der Waals surface area contributed by atoms with E-state index in [-0.39, 0.29) is 5.91 Å². The molecule has 104 valence electrons. The lowest BCUT2D eigenvalue weighted by Gasteiger charge is -2.33. The third-order valence-corrected chi connectivity index (χ3v) is 4.91. The first-order chi connectivity index (χ1) is 9.34. The summed E-state index contributed by atoms with van der Waals surface area (Å²) in [5.74, 6) is 0.229. The Morgan fingerprint density at radius 3 is 2.95 bits per heavy atom. The maximum absolute atomic E-state index is 12.5. The van der Waals surface area contributed by atoms with Crippen molar-refractivity contribution >= 4 is 17.2 Å². The fraction of sp³-hybridized carbons (Fsp3) is 0.643. The second kappa shape index (κ2) is 6.03. The van der Waals surface area contributed by atoms with Crippen LogP contribution >= 0.6 is 11.3 Å². The van der Waals surface area contributed by atoms with Gasteiger partial charge in [-0.25, -0.2) is 0 Å². The van der Waals surface area contributed by atoms with Crippen LogP contribution in [0.3, 0.4) is 0 Å². The summed E-state index contributed by atoms with van der Waals surface area (Å²) < 4.78 is 0. The molecule has 0 aromatic carbocycles. The van der Waals surface area contributed by atoms with Gasteiger partial charge in [0.2, 0.25) is 0 Å². The number of thiophene rings is 1. The number of hydrogen-bond acceptors (Lipinski definition) is 4. The van der Waals surface area contributed by atoms with Gasteiger partial charge in [0.05, 0.1) is 4.88 Å². The highest BCUT2D eigenvalue weighted by Crippen LogP contribution is 2.22. The normalized spacial score (nSPS) is 24.8. The van der Waals surface area contributed by atoms with Crippen LogP contribution in [-0.4, -0.2) is 61.0 Å². The zero-order chi connectivity index (χ0) is 13.1. The molecule has 0 bridgehead atoms. The average molecular weight is 279 g/mol. The van der Waals surface area contributed by atoms with E-state index in [9.17, 15) is 4.79 Å². The molecule has 1 aromatic heterocycles. The smallest absolute Gasteiger partial charge is 0.264 e. The van der Waals surface area contributed by atoms with Crippen LogP contribution in [0.25, 0.3) is 0 Å². The summed E-state index contributed by atoms with van der Waals surface area (Å²) in [5, 5.41) is 5.36. The quantitative estimate of drug-likeness (QED) is 0.905. The number of hydrogen-bond donors (Lipinski definition) is 1. The molecule has 3 rings (SSSR count). The minimum absolute atomic E-state index is 0.229. The van der Waals surface area contributed by atoms with Crippen molar-refractivity contribution < 1.29 is 4.79 Å². The number of rotatable bonds is 3. The number of carbonyl (C=O) groups is 1. The molecule has 19 heavy (non-hydrogen) atoms. The lowest BCUT2D eigenvalue weighted by atomic mass is 10.2. The lowest BCUT2D eigenvalue weighted by Crippen LogP contribution is -2.49. The molecular weight excluding hydrogens is 258 g/mol. The minimum Gasteiger partial charge on any atom is -0.334 e. The maximum atomic E-state index is 12.5. The number of nitrogens with zero attached hydrogens (tertiary/aromatic N) is 2. The van der Waals surface area contributed by atoms with Crippen molar-refractivity contribution in [1.29, 1.82) is 0 Å². The van der Waals surface area contributed by atoms with Gasteiger partial charge < -0.3 is 10.2 Å². The first-order valence-corrected chi connectivity index (χ1v) is 8.00. The molecule has 0 spiro atoms. The van der Waals surface area contributed by atoms with Crippen LogP contribution in [-0.2, 0) is 0 Å². The van der Waals surface area contributed by atoms with Crippen molar-refractivity contribution in [3.05, 3.63) is 22.4 Å². The molecule has 1 N–H and O–H groups in total. The van der Waals surface area contributed by atoms with E-state index in [0.717, 1.165) is 57.0 Å². The fourth-order valence-corrected chi connectivity index (χ4v) is 3.71. The summed E-state index contributed by atoms with van der Waals surface area (Å²) in [6.07, 6.45) is 2.30. The van der Waals surface area contributed by atoms with E-state index < -0.39 is 0 Å². The zero-order valence-corrected chi connectivity index (χ0v) is 12.0. The van der Waals surface area contributed by atoms with Gasteiger partial charge in [-0.05, 0) is 24.3 Å². The highest BCUT2D eigenvalue weighted by atomic mass is 32.1. The fourth-order valence-electron chi connectivity index (χ4n) is 3.03. The van der Waals surface area contributed by atoms with Gasteiger partial charge in [0.25, 0.3) is 5.91 Å². The standard InChI is InChI=1S/C14H21N3OS/c18-14(13-4-2-10-19-13)17-7-1-3-12(17)11-16-8-5-15-6-9-16/h2,4,10,12,15H,1,3,5-9,11H2. The summed E-state index contributed by atoms with van der Waals surface area (Å²) in [6, 6.07) is 4.31. The summed E-state index contributed by atoms with van der Waals surface area (Å²) in [4.78, 5) is 17.9. The summed E-state index contributed by atoms with van der Waals surface area (Å²) in [6.45, 7) is 6.33. The largest absolute Gasteiger partial charge is 0.334 e. The first-order valence-electron chi connectivity index (χ1n) is 7.12. The summed E-state index contributed by atoms with van der Waals surface area (Å²) >= 11 is 1.55. The van der Waals surface area contributed by atoms with E-state index in [4.69, 9.17) is 0 Å². The molecule has 1 amide bonds. The van der Waals surface area contributed by atoms with E-state index in [2.05, 4.69) is 15.1 Å². The Morgan fingerprint density at radius 1 is 1.37 bits per heavy atom. The Hall–Kier alpha value is -0.910. The molecular formula is C14H21N3OS. The lowest BCUT2D eigenvalue weighted by molar-refractivity contribution is 0.0699. The van der Waals surface area contributed by atoms with Crippen LogP contribution in [0.4, 0.5) is 0 Å². The zero-order valence-electron chi connectivity index (χ0n) is 11.2. The van der Waals surface area contributed by atoms with Gasteiger partial charge in [-0.2, -0.15) is 0 Å². The van der Waals surface area contributed by atoms with Crippen molar-refractivity contribution in [2.24, 2.45) is 0 Å². The molecule has 0 saturated carbocycles. The molecule has 2 saturated heterocycles. The van der Waals surface area contributed by atoms with E-state index in [0.29, 0.717) is 6.04 Å². The van der Waals surface area contributed by atoms with E-state index in [1.165, 1.54) is 0 Å². The minimum atomic E-state index is 0.229. The number of piperazine rings is 1. The van der Waals surface area contributed by atoms with E-state index in [1.54, 1.807) is 11.3 Å². The third-order valence-electron chi connectivity index (χ3n) is 4.05. The summed E-state index contributed by atoms with van der Waals surface area (Å²) in [5.41, 5.74) is 0. The third kappa shape index (κ3) is 2.99. The monoisotopic (exact) mass is 279 g/mol. The Bertz CT molecular complexity index is 414. The molecule has 4 nitrogen and oxygen atoms in total. The number of carbonyl (C=O) groups excluding carboxylic acids is 1. The van der Waals surface area contributed by atoms with Crippen molar-refractivity contribution in [2.45, 2.75) is 18.9 Å². The molecule has 2 fully saturated rings. The molecule has 1 aromatic rings. The van der Waals surface area contributed by atoms with Crippen molar-refractivity contribution in [3.63, 3.8) is 0 Å².